The standard InChI is InChI=1S/C13H18INO/c1-10(8-15-11-6-7-11)9-16-13-5-3-2-4-12(13)14/h2-5,10-11,15H,6-9H2,1H3. The van der Waals surface area contributed by atoms with E-state index in [4.69, 9.17) is 4.74 Å². The van der Waals surface area contributed by atoms with Crippen molar-refractivity contribution in [3.8, 4) is 5.75 Å². The molecule has 1 aromatic carbocycles. The van der Waals surface area contributed by atoms with Crippen molar-refractivity contribution in [1.82, 2.24) is 5.32 Å². The molecule has 1 saturated carbocycles. The van der Waals surface area contributed by atoms with Gasteiger partial charge in [0.05, 0.1) is 10.2 Å². The van der Waals surface area contributed by atoms with Gasteiger partial charge in [0.2, 0.25) is 0 Å². The van der Waals surface area contributed by atoms with Crippen molar-refractivity contribution < 1.29 is 4.74 Å². The molecule has 1 aliphatic carbocycles. The van der Waals surface area contributed by atoms with Crippen molar-refractivity contribution in [2.45, 2.75) is 25.8 Å². The topological polar surface area (TPSA) is 21.3 Å². The van der Waals surface area contributed by atoms with Crippen LogP contribution in [-0.2, 0) is 0 Å². The van der Waals surface area contributed by atoms with Crippen LogP contribution in [0.4, 0.5) is 0 Å². The fourth-order valence-electron chi connectivity index (χ4n) is 1.51. The van der Waals surface area contributed by atoms with Gasteiger partial charge in [0.25, 0.3) is 0 Å². The maximum Gasteiger partial charge on any atom is 0.132 e. The molecule has 16 heavy (non-hydrogen) atoms. The summed E-state index contributed by atoms with van der Waals surface area (Å²) in [6.07, 6.45) is 2.70. The fourth-order valence-corrected chi connectivity index (χ4v) is 2.05. The number of hydrogen-bond donors (Lipinski definition) is 1. The molecule has 1 fully saturated rings. The van der Waals surface area contributed by atoms with Gasteiger partial charge >= 0.3 is 0 Å². The van der Waals surface area contributed by atoms with E-state index in [0.29, 0.717) is 5.92 Å². The molecular formula is C13H18INO. The van der Waals surface area contributed by atoms with Crippen molar-refractivity contribution in [2.24, 2.45) is 5.92 Å². The zero-order valence-electron chi connectivity index (χ0n) is 9.58. The predicted molar refractivity (Wildman–Crippen MR) is 74.8 cm³/mol. The van der Waals surface area contributed by atoms with Gasteiger partial charge in [0.1, 0.15) is 5.75 Å². The zero-order valence-corrected chi connectivity index (χ0v) is 11.7. The number of benzene rings is 1. The Morgan fingerprint density at radius 3 is 2.88 bits per heavy atom. The highest BCUT2D eigenvalue weighted by molar-refractivity contribution is 14.1. The van der Waals surface area contributed by atoms with E-state index >= 15 is 0 Å². The maximum atomic E-state index is 5.80. The lowest BCUT2D eigenvalue weighted by molar-refractivity contribution is 0.254. The van der Waals surface area contributed by atoms with E-state index in [1.54, 1.807) is 0 Å². The number of para-hydroxylation sites is 1. The van der Waals surface area contributed by atoms with E-state index in [1.165, 1.54) is 16.4 Å². The monoisotopic (exact) mass is 331 g/mol. The smallest absolute Gasteiger partial charge is 0.132 e. The molecular weight excluding hydrogens is 313 g/mol. The Hall–Kier alpha value is -0.290. The molecule has 88 valence electrons. The molecule has 0 radical (unpaired) electrons. The van der Waals surface area contributed by atoms with Gasteiger partial charge in [0.15, 0.2) is 0 Å². The zero-order chi connectivity index (χ0) is 11.4. The quantitative estimate of drug-likeness (QED) is 0.809. The summed E-state index contributed by atoms with van der Waals surface area (Å²) < 4.78 is 6.99. The predicted octanol–water partition coefficient (Wildman–Crippen LogP) is 3.06. The van der Waals surface area contributed by atoms with Gasteiger partial charge in [-0.15, -0.1) is 0 Å². The molecule has 0 aromatic heterocycles. The summed E-state index contributed by atoms with van der Waals surface area (Å²) in [6.45, 7) is 4.08. The van der Waals surface area contributed by atoms with E-state index in [0.717, 1.165) is 24.9 Å². The largest absolute Gasteiger partial charge is 0.492 e. The third-order valence-electron chi connectivity index (χ3n) is 2.69. The highest BCUT2D eigenvalue weighted by atomic mass is 127. The third-order valence-corrected chi connectivity index (χ3v) is 3.58. The van der Waals surface area contributed by atoms with Gasteiger partial charge in [-0.3, -0.25) is 0 Å². The summed E-state index contributed by atoms with van der Waals surface area (Å²) >= 11 is 2.31. The van der Waals surface area contributed by atoms with Crippen LogP contribution in [0.1, 0.15) is 19.8 Å². The molecule has 0 spiro atoms. The minimum atomic E-state index is 0.566. The lowest BCUT2D eigenvalue weighted by Gasteiger charge is -2.14. The van der Waals surface area contributed by atoms with Gasteiger partial charge in [0, 0.05) is 18.5 Å². The second-order valence-electron chi connectivity index (χ2n) is 4.53. The molecule has 2 nitrogen and oxygen atoms in total. The van der Waals surface area contributed by atoms with Crippen molar-refractivity contribution >= 4 is 22.6 Å². The highest BCUT2D eigenvalue weighted by Crippen LogP contribution is 2.21. The first kappa shape index (κ1) is 12.2. The Bertz CT molecular complexity index is 338. The Morgan fingerprint density at radius 2 is 2.19 bits per heavy atom. The molecule has 0 saturated heterocycles. The summed E-state index contributed by atoms with van der Waals surface area (Å²) in [5, 5.41) is 3.53. The van der Waals surface area contributed by atoms with Crippen molar-refractivity contribution in [2.75, 3.05) is 13.2 Å². The van der Waals surface area contributed by atoms with E-state index in [2.05, 4.69) is 40.9 Å². The lowest BCUT2D eigenvalue weighted by atomic mass is 10.2. The van der Waals surface area contributed by atoms with Crippen LogP contribution in [0.5, 0.6) is 5.75 Å². The SMILES string of the molecule is CC(CNC1CC1)COc1ccccc1I. The Kier molecular flexibility index (Phi) is 4.46. The van der Waals surface area contributed by atoms with Crippen LogP contribution in [0, 0.1) is 9.49 Å². The first-order valence-corrected chi connectivity index (χ1v) is 6.94. The van der Waals surface area contributed by atoms with Crippen LogP contribution in [0.2, 0.25) is 0 Å². The van der Waals surface area contributed by atoms with Crippen molar-refractivity contribution in [1.29, 1.82) is 0 Å². The fraction of sp³-hybridized carbons (Fsp3) is 0.538. The lowest BCUT2D eigenvalue weighted by Crippen LogP contribution is -2.26. The molecule has 1 aromatic rings. The normalized spacial score (nSPS) is 17.1. The summed E-state index contributed by atoms with van der Waals surface area (Å²) in [7, 11) is 0. The number of rotatable bonds is 6. The summed E-state index contributed by atoms with van der Waals surface area (Å²) in [6, 6.07) is 8.95. The second kappa shape index (κ2) is 5.87. The third kappa shape index (κ3) is 3.94. The number of hydrogen-bond acceptors (Lipinski definition) is 2. The van der Waals surface area contributed by atoms with Crippen LogP contribution in [0.25, 0.3) is 0 Å². The second-order valence-corrected chi connectivity index (χ2v) is 5.69. The van der Waals surface area contributed by atoms with Gasteiger partial charge in [-0.2, -0.15) is 0 Å². The first-order valence-electron chi connectivity index (χ1n) is 5.86. The molecule has 1 N–H and O–H groups in total. The Balaban J connectivity index is 1.71. The molecule has 3 heteroatoms. The van der Waals surface area contributed by atoms with Gasteiger partial charge < -0.3 is 10.1 Å². The summed E-state index contributed by atoms with van der Waals surface area (Å²) in [5.41, 5.74) is 0. The van der Waals surface area contributed by atoms with E-state index < -0.39 is 0 Å². The first-order chi connectivity index (χ1) is 7.75. The van der Waals surface area contributed by atoms with Crippen molar-refractivity contribution in [3.63, 3.8) is 0 Å². The summed E-state index contributed by atoms with van der Waals surface area (Å²) in [4.78, 5) is 0. The Morgan fingerprint density at radius 1 is 1.44 bits per heavy atom. The van der Waals surface area contributed by atoms with Crippen LogP contribution in [0.3, 0.4) is 0 Å². The molecule has 0 bridgehead atoms. The molecule has 1 unspecified atom stereocenters. The van der Waals surface area contributed by atoms with Gasteiger partial charge in [-0.1, -0.05) is 19.1 Å². The average Bonchev–Trinajstić information content (AvgIpc) is 3.09. The van der Waals surface area contributed by atoms with Crippen LogP contribution in [-0.4, -0.2) is 19.2 Å². The average molecular weight is 331 g/mol. The van der Waals surface area contributed by atoms with Crippen LogP contribution < -0.4 is 10.1 Å². The molecule has 1 aliphatic rings. The Labute approximate surface area is 111 Å². The molecule has 0 amide bonds. The molecule has 0 aliphatic heterocycles. The van der Waals surface area contributed by atoms with E-state index in [9.17, 15) is 0 Å². The number of nitrogens with one attached hydrogen (secondary N) is 1. The minimum Gasteiger partial charge on any atom is -0.492 e. The minimum absolute atomic E-state index is 0.566. The molecule has 0 heterocycles. The maximum absolute atomic E-state index is 5.80. The van der Waals surface area contributed by atoms with Crippen LogP contribution >= 0.6 is 22.6 Å². The van der Waals surface area contributed by atoms with Gasteiger partial charge in [-0.05, 0) is 47.6 Å². The molecule has 2 rings (SSSR count). The highest BCUT2D eigenvalue weighted by Gasteiger charge is 2.20. The van der Waals surface area contributed by atoms with Gasteiger partial charge in [-0.25, -0.2) is 0 Å². The number of ether oxygens (including phenoxy) is 1. The summed E-state index contributed by atoms with van der Waals surface area (Å²) in [5.74, 6) is 1.57. The molecule has 1 atom stereocenters. The van der Waals surface area contributed by atoms with E-state index in [1.807, 2.05) is 18.2 Å². The van der Waals surface area contributed by atoms with Crippen molar-refractivity contribution in [3.05, 3.63) is 27.8 Å². The van der Waals surface area contributed by atoms with E-state index in [-0.39, 0.29) is 0 Å². The number of halogens is 1. The van der Waals surface area contributed by atoms with Crippen LogP contribution in [0.15, 0.2) is 24.3 Å².